The van der Waals surface area contributed by atoms with Crippen molar-refractivity contribution in [3.05, 3.63) is 28.5 Å². The average molecular weight is 294 g/mol. The molecule has 0 radical (unpaired) electrons. The normalized spacial score (nSPS) is 14.9. The van der Waals surface area contributed by atoms with Crippen molar-refractivity contribution in [2.75, 3.05) is 11.9 Å². The van der Waals surface area contributed by atoms with E-state index in [-0.39, 0.29) is 0 Å². The summed E-state index contributed by atoms with van der Waals surface area (Å²) in [5.41, 5.74) is 3.07. The van der Waals surface area contributed by atoms with Crippen LogP contribution in [-0.4, -0.2) is 16.7 Å². The van der Waals surface area contributed by atoms with Gasteiger partial charge in [0.05, 0.1) is 0 Å². The minimum absolute atomic E-state index is 0.817. The van der Waals surface area contributed by atoms with Gasteiger partial charge in [-0.2, -0.15) is 0 Å². The van der Waals surface area contributed by atoms with Gasteiger partial charge in [-0.05, 0) is 41.3 Å². The van der Waals surface area contributed by atoms with Crippen LogP contribution in [0, 0.1) is 0 Å². The van der Waals surface area contributed by atoms with Crippen LogP contribution in [0.4, 0.5) is 5.88 Å². The Balaban J connectivity index is 2.06. The minimum atomic E-state index is 0.817. The topological polar surface area (TPSA) is 51.0 Å². The van der Waals surface area contributed by atoms with Gasteiger partial charge in [0, 0.05) is 34.5 Å². The van der Waals surface area contributed by atoms with E-state index in [0.717, 1.165) is 41.0 Å². The molecule has 3 heterocycles. The molecular formula is C12H12BrN3O. The van der Waals surface area contributed by atoms with Crippen LogP contribution in [0.5, 0.6) is 0 Å². The summed E-state index contributed by atoms with van der Waals surface area (Å²) in [7, 11) is 0. The highest BCUT2D eigenvalue weighted by Crippen LogP contribution is 2.32. The molecule has 0 unspecified atom stereocenters. The number of fused-ring (bicyclic) bond motifs is 1. The fourth-order valence-corrected chi connectivity index (χ4v) is 2.44. The molecule has 4 nitrogen and oxygen atoms in total. The van der Waals surface area contributed by atoms with Crippen molar-refractivity contribution in [1.82, 2.24) is 10.1 Å². The summed E-state index contributed by atoms with van der Waals surface area (Å²) in [6.45, 7) is 0.957. The maximum Gasteiger partial charge on any atom is 0.228 e. The van der Waals surface area contributed by atoms with Crippen molar-refractivity contribution in [1.29, 1.82) is 0 Å². The zero-order valence-corrected chi connectivity index (χ0v) is 10.8. The van der Waals surface area contributed by atoms with E-state index in [1.807, 2.05) is 12.3 Å². The Morgan fingerprint density at radius 2 is 2.24 bits per heavy atom. The predicted molar refractivity (Wildman–Crippen MR) is 68.9 cm³/mol. The van der Waals surface area contributed by atoms with Gasteiger partial charge < -0.3 is 9.84 Å². The highest BCUT2D eigenvalue weighted by Gasteiger charge is 2.19. The molecule has 5 heteroatoms. The van der Waals surface area contributed by atoms with Gasteiger partial charge in [0.15, 0.2) is 0 Å². The zero-order chi connectivity index (χ0) is 11.7. The number of hydrogen-bond acceptors (Lipinski definition) is 4. The number of aromatic nitrogens is 2. The fourth-order valence-electron chi connectivity index (χ4n) is 2.08. The third kappa shape index (κ3) is 2.07. The molecule has 2 aromatic heterocycles. The lowest BCUT2D eigenvalue weighted by molar-refractivity contribution is 0.434. The minimum Gasteiger partial charge on any atom is -0.354 e. The van der Waals surface area contributed by atoms with Crippen LogP contribution in [-0.2, 0) is 6.42 Å². The Morgan fingerprint density at radius 1 is 1.29 bits per heavy atom. The van der Waals surface area contributed by atoms with Crippen molar-refractivity contribution in [3.63, 3.8) is 0 Å². The SMILES string of the molecule is Brc1cncc(-c2noc3c2CCCCN3)c1. The van der Waals surface area contributed by atoms with Gasteiger partial charge in [-0.15, -0.1) is 0 Å². The standard InChI is InChI=1S/C12H12BrN3O/c13-9-5-8(6-14-7-9)11-10-3-1-2-4-15-12(10)17-16-11/h5-7,15H,1-4H2. The van der Waals surface area contributed by atoms with Crippen LogP contribution in [0.2, 0.25) is 0 Å². The average Bonchev–Trinajstić information content (AvgIpc) is 2.59. The molecule has 0 aromatic carbocycles. The zero-order valence-electron chi connectivity index (χ0n) is 9.24. The van der Waals surface area contributed by atoms with Gasteiger partial charge in [0.1, 0.15) is 5.69 Å². The quantitative estimate of drug-likeness (QED) is 0.877. The Hall–Kier alpha value is -1.36. The molecule has 0 saturated heterocycles. The van der Waals surface area contributed by atoms with Crippen molar-refractivity contribution >= 4 is 21.8 Å². The number of pyridine rings is 1. The van der Waals surface area contributed by atoms with E-state index in [2.05, 4.69) is 31.4 Å². The molecule has 0 saturated carbocycles. The van der Waals surface area contributed by atoms with Gasteiger partial charge in [0.25, 0.3) is 0 Å². The first-order valence-electron chi connectivity index (χ1n) is 5.68. The van der Waals surface area contributed by atoms with E-state index in [1.54, 1.807) is 6.20 Å². The van der Waals surface area contributed by atoms with Crippen LogP contribution in [0.3, 0.4) is 0 Å². The lowest BCUT2D eigenvalue weighted by Crippen LogP contribution is -1.97. The first-order valence-corrected chi connectivity index (χ1v) is 6.47. The fraction of sp³-hybridized carbons (Fsp3) is 0.333. The molecule has 1 aliphatic heterocycles. The van der Waals surface area contributed by atoms with Gasteiger partial charge in [-0.1, -0.05) is 5.16 Å². The van der Waals surface area contributed by atoms with Gasteiger partial charge in [0.2, 0.25) is 5.88 Å². The third-order valence-electron chi connectivity index (χ3n) is 2.91. The van der Waals surface area contributed by atoms with E-state index in [4.69, 9.17) is 4.52 Å². The molecule has 88 valence electrons. The second-order valence-corrected chi connectivity index (χ2v) is 5.03. The third-order valence-corrected chi connectivity index (χ3v) is 3.34. The van der Waals surface area contributed by atoms with E-state index in [9.17, 15) is 0 Å². The lowest BCUT2D eigenvalue weighted by Gasteiger charge is -2.00. The van der Waals surface area contributed by atoms with Gasteiger partial charge >= 0.3 is 0 Å². The van der Waals surface area contributed by atoms with E-state index in [0.29, 0.717) is 0 Å². The lowest BCUT2D eigenvalue weighted by atomic mass is 10.1. The highest BCUT2D eigenvalue weighted by atomic mass is 79.9. The van der Waals surface area contributed by atoms with Gasteiger partial charge in [-0.3, -0.25) is 4.98 Å². The number of rotatable bonds is 1. The highest BCUT2D eigenvalue weighted by molar-refractivity contribution is 9.10. The number of anilines is 1. The molecule has 1 N–H and O–H groups in total. The molecule has 0 amide bonds. The van der Waals surface area contributed by atoms with Crippen molar-refractivity contribution < 1.29 is 4.52 Å². The number of nitrogens with one attached hydrogen (secondary N) is 1. The van der Waals surface area contributed by atoms with Crippen molar-refractivity contribution in [3.8, 4) is 11.3 Å². The maximum absolute atomic E-state index is 5.36. The summed E-state index contributed by atoms with van der Waals surface area (Å²) in [6.07, 6.45) is 6.91. The molecule has 3 rings (SSSR count). The molecule has 1 aliphatic rings. The Kier molecular flexibility index (Phi) is 2.84. The summed E-state index contributed by atoms with van der Waals surface area (Å²) in [6, 6.07) is 2.01. The second-order valence-electron chi connectivity index (χ2n) is 4.11. The summed E-state index contributed by atoms with van der Waals surface area (Å²) in [4.78, 5) is 4.16. The molecule has 0 spiro atoms. The second kappa shape index (κ2) is 4.49. The van der Waals surface area contributed by atoms with E-state index in [1.165, 1.54) is 12.0 Å². The first-order chi connectivity index (χ1) is 8.34. The summed E-state index contributed by atoms with van der Waals surface area (Å²) >= 11 is 3.42. The van der Waals surface area contributed by atoms with Crippen molar-refractivity contribution in [2.45, 2.75) is 19.3 Å². The van der Waals surface area contributed by atoms with Crippen LogP contribution in [0.1, 0.15) is 18.4 Å². The summed E-state index contributed by atoms with van der Waals surface area (Å²) in [5.74, 6) is 0.817. The van der Waals surface area contributed by atoms with E-state index >= 15 is 0 Å². The van der Waals surface area contributed by atoms with Crippen LogP contribution in [0.25, 0.3) is 11.3 Å². The molecular weight excluding hydrogens is 282 g/mol. The molecule has 0 aliphatic carbocycles. The smallest absolute Gasteiger partial charge is 0.228 e. The Labute approximate surface area is 108 Å². The molecule has 2 aromatic rings. The Bertz CT molecular complexity index is 538. The summed E-state index contributed by atoms with van der Waals surface area (Å²) in [5, 5.41) is 7.42. The van der Waals surface area contributed by atoms with Crippen LogP contribution in [0.15, 0.2) is 27.5 Å². The molecule has 17 heavy (non-hydrogen) atoms. The van der Waals surface area contributed by atoms with Gasteiger partial charge in [-0.25, -0.2) is 0 Å². The molecule has 0 atom stereocenters. The number of hydrogen-bond donors (Lipinski definition) is 1. The maximum atomic E-state index is 5.36. The molecule has 0 fully saturated rings. The largest absolute Gasteiger partial charge is 0.354 e. The van der Waals surface area contributed by atoms with E-state index < -0.39 is 0 Å². The molecule has 0 bridgehead atoms. The number of halogens is 1. The first kappa shape index (κ1) is 10.8. The Morgan fingerprint density at radius 3 is 3.12 bits per heavy atom. The summed E-state index contributed by atoms with van der Waals surface area (Å²) < 4.78 is 6.31. The predicted octanol–water partition coefficient (Wildman–Crippen LogP) is 3.25. The van der Waals surface area contributed by atoms with Crippen LogP contribution >= 0.6 is 15.9 Å². The number of nitrogens with zero attached hydrogens (tertiary/aromatic N) is 2. The monoisotopic (exact) mass is 293 g/mol. The van der Waals surface area contributed by atoms with Crippen LogP contribution < -0.4 is 5.32 Å². The van der Waals surface area contributed by atoms with Crippen molar-refractivity contribution in [2.24, 2.45) is 0 Å².